The lowest BCUT2D eigenvalue weighted by molar-refractivity contribution is 0.0457. The van der Waals surface area contributed by atoms with E-state index in [1.807, 2.05) is 54.6 Å². The van der Waals surface area contributed by atoms with Crippen molar-refractivity contribution in [2.24, 2.45) is 5.11 Å². The van der Waals surface area contributed by atoms with Gasteiger partial charge in [0, 0.05) is 4.91 Å². The predicted octanol–water partition coefficient (Wildman–Crippen LogP) is 6.60. The quantitative estimate of drug-likeness (QED) is 0.194. The summed E-state index contributed by atoms with van der Waals surface area (Å²) in [6.07, 6.45) is -0.297. The van der Waals surface area contributed by atoms with Crippen LogP contribution < -0.4 is 4.74 Å². The van der Waals surface area contributed by atoms with E-state index < -0.39 is 0 Å². The minimum Gasteiger partial charge on any atom is -0.457 e. The van der Waals surface area contributed by atoms with Crippen molar-refractivity contribution in [3.05, 3.63) is 112 Å². The van der Waals surface area contributed by atoms with Crippen LogP contribution in [0.15, 0.2) is 84.0 Å². The van der Waals surface area contributed by atoms with E-state index >= 15 is 0 Å². The van der Waals surface area contributed by atoms with Crippen molar-refractivity contribution in [1.29, 1.82) is 0 Å². The second-order valence-corrected chi connectivity index (χ2v) is 5.98. The smallest absolute Gasteiger partial charge is 0.187 e. The molecule has 0 amide bonds. The molecular formula is C22H18N4O2. The van der Waals surface area contributed by atoms with Crippen LogP contribution in [0.2, 0.25) is 0 Å². The van der Waals surface area contributed by atoms with Crippen LogP contribution in [0.5, 0.6) is 11.5 Å². The van der Waals surface area contributed by atoms with Crippen LogP contribution >= 0.6 is 0 Å². The minimum atomic E-state index is -0.297. The highest BCUT2D eigenvalue weighted by atomic mass is 16.5. The predicted molar refractivity (Wildman–Crippen MR) is 107 cm³/mol. The van der Waals surface area contributed by atoms with E-state index in [0.29, 0.717) is 23.8 Å². The summed E-state index contributed by atoms with van der Waals surface area (Å²) in [5, 5.41) is 3.65. The lowest BCUT2D eigenvalue weighted by Gasteiger charge is -2.16. The summed E-state index contributed by atoms with van der Waals surface area (Å²) in [4.78, 5) is 6.19. The molecule has 6 nitrogen and oxygen atoms in total. The Balaban J connectivity index is 1.61. The molecule has 138 valence electrons. The Morgan fingerprint density at radius 1 is 0.893 bits per heavy atom. The van der Waals surface area contributed by atoms with Crippen LogP contribution in [-0.4, -0.2) is 6.54 Å². The molecule has 6 heteroatoms. The van der Waals surface area contributed by atoms with E-state index in [-0.39, 0.29) is 12.6 Å². The van der Waals surface area contributed by atoms with Crippen LogP contribution in [0.25, 0.3) is 15.3 Å². The van der Waals surface area contributed by atoms with Crippen LogP contribution in [0.4, 0.5) is 5.69 Å². The number of benzene rings is 3. The summed E-state index contributed by atoms with van der Waals surface area (Å²) in [6, 6.07) is 24.3. The van der Waals surface area contributed by atoms with Gasteiger partial charge in [-0.2, -0.15) is 0 Å². The highest BCUT2D eigenvalue weighted by molar-refractivity contribution is 5.47. The van der Waals surface area contributed by atoms with Gasteiger partial charge in [0.2, 0.25) is 0 Å². The maximum Gasteiger partial charge on any atom is 0.187 e. The SMILES string of the molecule is [C-]#[N+]c1ccc(Oc2ccc(CO[C@@H](CN=[N+]=[N-])c3ccccc3)cc2)cc1. The molecule has 0 aliphatic heterocycles. The number of nitrogens with zero attached hydrogens (tertiary/aromatic N) is 4. The van der Waals surface area contributed by atoms with Crippen molar-refractivity contribution in [2.75, 3.05) is 6.54 Å². The van der Waals surface area contributed by atoms with Gasteiger partial charge in [0.1, 0.15) is 11.5 Å². The highest BCUT2D eigenvalue weighted by Crippen LogP contribution is 2.25. The van der Waals surface area contributed by atoms with Gasteiger partial charge in [-0.3, -0.25) is 0 Å². The molecule has 3 rings (SSSR count). The Labute approximate surface area is 163 Å². The van der Waals surface area contributed by atoms with Gasteiger partial charge in [0.25, 0.3) is 0 Å². The molecule has 0 radical (unpaired) electrons. The van der Waals surface area contributed by atoms with Crippen LogP contribution in [0.1, 0.15) is 17.2 Å². The fourth-order valence-electron chi connectivity index (χ4n) is 2.61. The Bertz CT molecular complexity index is 974. The topological polar surface area (TPSA) is 71.6 Å². The van der Waals surface area contributed by atoms with Gasteiger partial charge in [-0.05, 0) is 40.9 Å². The normalized spacial score (nSPS) is 11.1. The third-order valence-electron chi connectivity index (χ3n) is 4.06. The molecule has 0 aliphatic rings. The van der Waals surface area contributed by atoms with E-state index in [9.17, 15) is 0 Å². The molecule has 1 atom stereocenters. The van der Waals surface area contributed by atoms with Gasteiger partial charge in [-0.15, -0.1) is 0 Å². The second kappa shape index (κ2) is 9.79. The summed E-state index contributed by atoms with van der Waals surface area (Å²) >= 11 is 0. The van der Waals surface area contributed by atoms with Crippen molar-refractivity contribution < 1.29 is 9.47 Å². The molecule has 0 spiro atoms. The third-order valence-corrected chi connectivity index (χ3v) is 4.06. The van der Waals surface area contributed by atoms with E-state index in [4.69, 9.17) is 21.6 Å². The first kappa shape index (κ1) is 19.0. The Morgan fingerprint density at radius 2 is 1.54 bits per heavy atom. The second-order valence-electron chi connectivity index (χ2n) is 5.98. The van der Waals surface area contributed by atoms with Gasteiger partial charge in [-0.1, -0.05) is 59.7 Å². The number of hydrogen-bond donors (Lipinski definition) is 0. The van der Waals surface area contributed by atoms with Crippen molar-refractivity contribution in [2.45, 2.75) is 12.7 Å². The molecule has 0 aromatic heterocycles. The Kier molecular flexibility index (Phi) is 6.64. The van der Waals surface area contributed by atoms with Crippen LogP contribution in [-0.2, 0) is 11.3 Å². The number of ether oxygens (including phenoxy) is 2. The van der Waals surface area contributed by atoms with Gasteiger partial charge in [0.15, 0.2) is 5.69 Å². The Morgan fingerprint density at radius 3 is 2.14 bits per heavy atom. The average molecular weight is 370 g/mol. The largest absolute Gasteiger partial charge is 0.457 e. The fourth-order valence-corrected chi connectivity index (χ4v) is 2.61. The van der Waals surface area contributed by atoms with Crippen LogP contribution in [0, 0.1) is 6.57 Å². The zero-order chi connectivity index (χ0) is 19.6. The number of azide groups is 1. The maximum atomic E-state index is 8.60. The summed E-state index contributed by atoms with van der Waals surface area (Å²) in [5.41, 5.74) is 11.1. The number of hydrogen-bond acceptors (Lipinski definition) is 3. The van der Waals surface area contributed by atoms with Crippen molar-refractivity contribution in [3.63, 3.8) is 0 Å². The summed E-state index contributed by atoms with van der Waals surface area (Å²) in [7, 11) is 0. The molecule has 3 aromatic carbocycles. The zero-order valence-corrected chi connectivity index (χ0v) is 15.1. The van der Waals surface area contributed by atoms with Crippen LogP contribution in [0.3, 0.4) is 0 Å². The van der Waals surface area contributed by atoms with Crippen molar-refractivity contribution in [3.8, 4) is 11.5 Å². The highest BCUT2D eigenvalue weighted by Gasteiger charge is 2.11. The molecule has 0 heterocycles. The van der Waals surface area contributed by atoms with Crippen molar-refractivity contribution in [1.82, 2.24) is 0 Å². The molecule has 0 aliphatic carbocycles. The first-order valence-corrected chi connectivity index (χ1v) is 8.70. The molecule has 3 aromatic rings. The fraction of sp³-hybridized carbons (Fsp3) is 0.136. The molecule has 28 heavy (non-hydrogen) atoms. The molecule has 0 saturated heterocycles. The van der Waals surface area contributed by atoms with E-state index in [1.165, 1.54) is 0 Å². The first-order valence-electron chi connectivity index (χ1n) is 8.70. The monoisotopic (exact) mass is 370 g/mol. The molecule has 0 unspecified atom stereocenters. The van der Waals surface area contributed by atoms with Gasteiger partial charge < -0.3 is 9.47 Å². The summed E-state index contributed by atoms with van der Waals surface area (Å²) in [6.45, 7) is 7.60. The standard InChI is InChI=1S/C22H18N4O2/c1-24-19-9-13-21(14-10-19)28-20-11-7-17(8-12-20)16-27-22(15-25-26-23)18-5-3-2-4-6-18/h2-14,22H,15-16H2/t22-/m0/s1. The minimum absolute atomic E-state index is 0.238. The van der Waals surface area contributed by atoms with Crippen molar-refractivity contribution >= 4 is 5.69 Å². The van der Waals surface area contributed by atoms with Gasteiger partial charge >= 0.3 is 0 Å². The lowest BCUT2D eigenvalue weighted by atomic mass is 10.1. The number of rotatable bonds is 8. The molecule has 0 N–H and O–H groups in total. The average Bonchev–Trinajstić information content (AvgIpc) is 2.76. The summed E-state index contributed by atoms with van der Waals surface area (Å²) < 4.78 is 11.7. The Hall–Kier alpha value is -3.78. The zero-order valence-electron chi connectivity index (χ0n) is 15.1. The van der Waals surface area contributed by atoms with E-state index in [0.717, 1.165) is 11.1 Å². The lowest BCUT2D eigenvalue weighted by Crippen LogP contribution is -2.07. The summed E-state index contributed by atoms with van der Waals surface area (Å²) in [5.74, 6) is 1.38. The first-order chi connectivity index (χ1) is 13.8. The van der Waals surface area contributed by atoms with E-state index in [1.54, 1.807) is 24.3 Å². The molecule has 0 saturated carbocycles. The molecule has 0 fully saturated rings. The third kappa shape index (κ3) is 5.36. The molecule has 0 bridgehead atoms. The van der Waals surface area contributed by atoms with Gasteiger partial charge in [-0.25, -0.2) is 4.85 Å². The van der Waals surface area contributed by atoms with Gasteiger partial charge in [0.05, 0.1) is 25.8 Å². The van der Waals surface area contributed by atoms with E-state index in [2.05, 4.69) is 14.9 Å². The molecular weight excluding hydrogens is 352 g/mol. The maximum absolute atomic E-state index is 8.60.